The molecule has 0 aliphatic rings. The van der Waals surface area contributed by atoms with E-state index in [2.05, 4.69) is 42.5 Å². The van der Waals surface area contributed by atoms with Crippen LogP contribution in [0.5, 0.6) is 0 Å². The Morgan fingerprint density at radius 3 is 1.84 bits per heavy atom. The highest BCUT2D eigenvalue weighted by molar-refractivity contribution is 6.17. The largest absolute Gasteiger partial charge is 0.478 e. The molecule has 118 valence electrons. The molecular formula is C23H14O2. The Bertz CT molecular complexity index is 1320. The van der Waals surface area contributed by atoms with E-state index in [9.17, 15) is 9.90 Å². The van der Waals surface area contributed by atoms with Gasteiger partial charge >= 0.3 is 5.97 Å². The van der Waals surface area contributed by atoms with Gasteiger partial charge in [0.25, 0.3) is 0 Å². The van der Waals surface area contributed by atoms with Crippen molar-refractivity contribution in [3.63, 3.8) is 0 Å². The van der Waals surface area contributed by atoms with Gasteiger partial charge in [0.1, 0.15) is 0 Å². The summed E-state index contributed by atoms with van der Waals surface area (Å²) in [5.41, 5.74) is 0.345. The van der Waals surface area contributed by atoms with Crippen LogP contribution < -0.4 is 0 Å². The Morgan fingerprint density at radius 2 is 1.12 bits per heavy atom. The second kappa shape index (κ2) is 5.05. The van der Waals surface area contributed by atoms with E-state index < -0.39 is 5.97 Å². The molecule has 0 aliphatic carbocycles. The molecule has 0 aliphatic heterocycles. The maximum absolute atomic E-state index is 11.6. The molecule has 0 saturated heterocycles. The van der Waals surface area contributed by atoms with Gasteiger partial charge in [0.05, 0.1) is 5.56 Å². The first kappa shape index (κ1) is 14.0. The minimum Gasteiger partial charge on any atom is -0.478 e. The van der Waals surface area contributed by atoms with Crippen molar-refractivity contribution in [1.82, 2.24) is 0 Å². The lowest BCUT2D eigenvalue weighted by atomic mass is 9.94. The Kier molecular flexibility index (Phi) is 2.83. The van der Waals surface area contributed by atoms with Crippen LogP contribution in [0.15, 0.2) is 78.9 Å². The Morgan fingerprint density at radius 1 is 0.560 bits per heavy atom. The Balaban J connectivity index is 1.98. The molecule has 2 nitrogen and oxygen atoms in total. The summed E-state index contributed by atoms with van der Waals surface area (Å²) >= 11 is 0. The van der Waals surface area contributed by atoms with Crippen molar-refractivity contribution in [1.29, 1.82) is 0 Å². The standard InChI is InChI=1S/C23H14O2/c24-23(25)19-7-3-6-16-11-18-9-8-17-10-14-4-1-2-5-15(14)12-20(17)22(18)13-21(16)19/h1-13H,(H,24,25). The van der Waals surface area contributed by atoms with Gasteiger partial charge in [0.15, 0.2) is 0 Å². The summed E-state index contributed by atoms with van der Waals surface area (Å²) in [5.74, 6) is -0.893. The fourth-order valence-corrected chi connectivity index (χ4v) is 3.71. The molecule has 25 heavy (non-hydrogen) atoms. The smallest absolute Gasteiger partial charge is 0.336 e. The molecule has 5 aromatic carbocycles. The van der Waals surface area contributed by atoms with Crippen molar-refractivity contribution in [3.8, 4) is 0 Å². The van der Waals surface area contributed by atoms with Crippen LogP contribution in [0.3, 0.4) is 0 Å². The number of benzene rings is 5. The molecule has 5 rings (SSSR count). The summed E-state index contributed by atoms with van der Waals surface area (Å²) in [6.07, 6.45) is 0. The van der Waals surface area contributed by atoms with Gasteiger partial charge in [0.2, 0.25) is 0 Å². The summed E-state index contributed by atoms with van der Waals surface area (Å²) in [6, 6.07) is 26.5. The SMILES string of the molecule is O=C(O)c1cccc2cc3ccc4cc5ccccc5cc4c3cc12. The third-order valence-electron chi connectivity index (χ3n) is 4.93. The monoisotopic (exact) mass is 322 g/mol. The van der Waals surface area contributed by atoms with Crippen LogP contribution in [-0.2, 0) is 0 Å². The van der Waals surface area contributed by atoms with Gasteiger partial charge in [0, 0.05) is 0 Å². The lowest BCUT2D eigenvalue weighted by Gasteiger charge is -2.09. The average Bonchev–Trinajstić information content (AvgIpc) is 2.64. The topological polar surface area (TPSA) is 37.3 Å². The van der Waals surface area contributed by atoms with Gasteiger partial charge in [-0.05, 0) is 73.4 Å². The third kappa shape index (κ3) is 2.08. The molecule has 1 N–H and O–H groups in total. The van der Waals surface area contributed by atoms with Crippen molar-refractivity contribution in [2.45, 2.75) is 0 Å². The molecule has 0 bridgehead atoms. The maximum Gasteiger partial charge on any atom is 0.336 e. The lowest BCUT2D eigenvalue weighted by molar-refractivity contribution is 0.0699. The molecule has 0 heterocycles. The predicted molar refractivity (Wildman–Crippen MR) is 103 cm³/mol. The van der Waals surface area contributed by atoms with Gasteiger partial charge in [-0.15, -0.1) is 0 Å². The minimum absolute atomic E-state index is 0.345. The first-order valence-electron chi connectivity index (χ1n) is 8.22. The number of carbonyl (C=O) groups is 1. The first-order chi connectivity index (χ1) is 12.2. The molecule has 0 fully saturated rings. The number of rotatable bonds is 1. The normalized spacial score (nSPS) is 11.5. The zero-order chi connectivity index (χ0) is 17.0. The van der Waals surface area contributed by atoms with Gasteiger partial charge in [-0.25, -0.2) is 4.79 Å². The summed E-state index contributed by atoms with van der Waals surface area (Å²) in [5, 5.41) is 18.2. The quantitative estimate of drug-likeness (QED) is 0.304. The zero-order valence-electron chi connectivity index (χ0n) is 13.4. The van der Waals surface area contributed by atoms with Crippen LogP contribution in [0.4, 0.5) is 0 Å². The predicted octanol–water partition coefficient (Wildman–Crippen LogP) is 6.00. The van der Waals surface area contributed by atoms with Crippen LogP contribution in [0.2, 0.25) is 0 Å². The highest BCUT2D eigenvalue weighted by Crippen LogP contribution is 2.33. The van der Waals surface area contributed by atoms with E-state index in [1.54, 1.807) is 12.1 Å². The van der Waals surface area contributed by atoms with Crippen molar-refractivity contribution in [2.24, 2.45) is 0 Å². The molecule has 0 unspecified atom stereocenters. The number of hydrogen-bond donors (Lipinski definition) is 1. The molecule has 5 aromatic rings. The summed E-state index contributed by atoms with van der Waals surface area (Å²) in [6.45, 7) is 0. The molecular weight excluding hydrogens is 308 g/mol. The average molecular weight is 322 g/mol. The number of carboxylic acid groups (broad SMARTS) is 1. The molecule has 0 saturated carbocycles. The molecule has 0 radical (unpaired) electrons. The van der Waals surface area contributed by atoms with Gasteiger partial charge in [-0.2, -0.15) is 0 Å². The summed E-state index contributed by atoms with van der Waals surface area (Å²) < 4.78 is 0. The summed E-state index contributed by atoms with van der Waals surface area (Å²) in [4.78, 5) is 11.6. The minimum atomic E-state index is -0.893. The van der Waals surface area contributed by atoms with Crippen molar-refractivity contribution in [3.05, 3.63) is 84.4 Å². The Hall–Kier alpha value is -3.39. The van der Waals surface area contributed by atoms with Gasteiger partial charge < -0.3 is 5.11 Å². The van der Waals surface area contributed by atoms with Crippen LogP contribution >= 0.6 is 0 Å². The van der Waals surface area contributed by atoms with Crippen LogP contribution in [0.25, 0.3) is 43.1 Å². The third-order valence-corrected chi connectivity index (χ3v) is 4.93. The van der Waals surface area contributed by atoms with Gasteiger partial charge in [-0.1, -0.05) is 48.5 Å². The van der Waals surface area contributed by atoms with Gasteiger partial charge in [-0.3, -0.25) is 0 Å². The number of aromatic carboxylic acids is 1. The highest BCUT2D eigenvalue weighted by Gasteiger charge is 2.10. The van der Waals surface area contributed by atoms with Crippen LogP contribution in [-0.4, -0.2) is 11.1 Å². The Labute approximate surface area is 143 Å². The van der Waals surface area contributed by atoms with E-state index in [4.69, 9.17) is 0 Å². The van der Waals surface area contributed by atoms with Crippen LogP contribution in [0.1, 0.15) is 10.4 Å². The van der Waals surface area contributed by atoms with E-state index >= 15 is 0 Å². The fraction of sp³-hybridized carbons (Fsp3) is 0. The maximum atomic E-state index is 11.6. The van der Waals surface area contributed by atoms with Crippen LogP contribution in [0, 0.1) is 0 Å². The zero-order valence-corrected chi connectivity index (χ0v) is 13.4. The molecule has 0 spiro atoms. The van der Waals surface area contributed by atoms with E-state index in [1.165, 1.54) is 16.2 Å². The second-order valence-electron chi connectivity index (χ2n) is 6.39. The summed E-state index contributed by atoms with van der Waals surface area (Å²) in [7, 11) is 0. The number of fused-ring (bicyclic) bond motifs is 5. The van der Waals surface area contributed by atoms with Crippen molar-refractivity contribution in [2.75, 3.05) is 0 Å². The van der Waals surface area contributed by atoms with Crippen molar-refractivity contribution < 1.29 is 9.90 Å². The van der Waals surface area contributed by atoms with E-state index in [-0.39, 0.29) is 0 Å². The second-order valence-corrected chi connectivity index (χ2v) is 6.39. The first-order valence-corrected chi connectivity index (χ1v) is 8.22. The van der Waals surface area contributed by atoms with E-state index in [0.717, 1.165) is 26.9 Å². The fourth-order valence-electron chi connectivity index (χ4n) is 3.71. The molecule has 0 amide bonds. The van der Waals surface area contributed by atoms with E-state index in [1.807, 2.05) is 24.3 Å². The molecule has 0 atom stereocenters. The lowest BCUT2D eigenvalue weighted by Crippen LogP contribution is -1.97. The number of carboxylic acids is 1. The van der Waals surface area contributed by atoms with E-state index in [0.29, 0.717) is 5.56 Å². The number of hydrogen-bond acceptors (Lipinski definition) is 1. The molecule has 0 aromatic heterocycles. The molecule has 2 heteroatoms. The van der Waals surface area contributed by atoms with Crippen molar-refractivity contribution >= 4 is 49.1 Å². The highest BCUT2D eigenvalue weighted by atomic mass is 16.4.